The van der Waals surface area contributed by atoms with Gasteiger partial charge < -0.3 is 15.4 Å². The fraction of sp³-hybridized carbons (Fsp3) is 0.588. The van der Waals surface area contributed by atoms with Crippen LogP contribution in [0.3, 0.4) is 0 Å². The van der Waals surface area contributed by atoms with Gasteiger partial charge in [-0.05, 0) is 37.8 Å². The van der Waals surface area contributed by atoms with Crippen molar-refractivity contribution >= 4 is 45.9 Å². The van der Waals surface area contributed by atoms with Crippen molar-refractivity contribution in [2.45, 2.75) is 31.6 Å². The van der Waals surface area contributed by atoms with Gasteiger partial charge in [0, 0.05) is 36.7 Å². The standard InChI is InChI=1S/C17H26BrN3O.HI/c1-3-19-16(20-11-6-12-22-2)21-13-17(9-10-17)14-7-4-5-8-15(14)18;/h4-5,7-8H,3,6,9-13H2,1-2H3,(H2,19,20,21);1H. The van der Waals surface area contributed by atoms with Crippen LogP contribution in [0.2, 0.25) is 0 Å². The molecule has 0 saturated heterocycles. The SMILES string of the molecule is CCNC(=NCC1(c2ccccc2Br)CC1)NCCCOC.I. The molecule has 0 radical (unpaired) electrons. The summed E-state index contributed by atoms with van der Waals surface area (Å²) in [4.78, 5) is 4.80. The fourth-order valence-electron chi connectivity index (χ4n) is 2.55. The van der Waals surface area contributed by atoms with Gasteiger partial charge in [-0.3, -0.25) is 4.99 Å². The van der Waals surface area contributed by atoms with E-state index in [9.17, 15) is 0 Å². The summed E-state index contributed by atoms with van der Waals surface area (Å²) in [5.74, 6) is 0.900. The van der Waals surface area contributed by atoms with Gasteiger partial charge in [0.1, 0.15) is 0 Å². The van der Waals surface area contributed by atoms with Crippen molar-refractivity contribution in [2.24, 2.45) is 4.99 Å². The lowest BCUT2D eigenvalue weighted by molar-refractivity contribution is 0.195. The maximum atomic E-state index is 5.07. The van der Waals surface area contributed by atoms with E-state index in [1.54, 1.807) is 7.11 Å². The molecule has 130 valence electrons. The Morgan fingerprint density at radius 1 is 1.30 bits per heavy atom. The van der Waals surface area contributed by atoms with Crippen LogP contribution in [-0.4, -0.2) is 39.3 Å². The van der Waals surface area contributed by atoms with Crippen molar-refractivity contribution in [1.82, 2.24) is 10.6 Å². The van der Waals surface area contributed by atoms with Gasteiger partial charge in [0.05, 0.1) is 6.54 Å². The van der Waals surface area contributed by atoms with Gasteiger partial charge >= 0.3 is 0 Å². The Labute approximate surface area is 165 Å². The normalized spacial score (nSPS) is 15.7. The van der Waals surface area contributed by atoms with Crippen LogP contribution in [0.5, 0.6) is 0 Å². The van der Waals surface area contributed by atoms with E-state index in [1.165, 1.54) is 22.9 Å². The maximum absolute atomic E-state index is 5.07. The lowest BCUT2D eigenvalue weighted by atomic mass is 9.96. The minimum absolute atomic E-state index is 0. The molecule has 0 amide bonds. The molecule has 1 aromatic carbocycles. The van der Waals surface area contributed by atoms with Gasteiger partial charge in [-0.2, -0.15) is 0 Å². The van der Waals surface area contributed by atoms with Crippen LogP contribution in [0.4, 0.5) is 0 Å². The highest BCUT2D eigenvalue weighted by atomic mass is 127. The second kappa shape index (κ2) is 10.5. The van der Waals surface area contributed by atoms with E-state index in [-0.39, 0.29) is 29.4 Å². The Balaban J connectivity index is 0.00000264. The van der Waals surface area contributed by atoms with E-state index in [0.717, 1.165) is 38.6 Å². The number of guanidine groups is 1. The fourth-order valence-corrected chi connectivity index (χ4v) is 3.26. The van der Waals surface area contributed by atoms with Crippen molar-refractivity contribution in [1.29, 1.82) is 0 Å². The van der Waals surface area contributed by atoms with Gasteiger partial charge in [-0.15, -0.1) is 24.0 Å². The molecular formula is C17H27BrIN3O. The largest absolute Gasteiger partial charge is 0.385 e. The van der Waals surface area contributed by atoms with Crippen LogP contribution in [0.1, 0.15) is 31.7 Å². The predicted molar refractivity (Wildman–Crippen MR) is 111 cm³/mol. The van der Waals surface area contributed by atoms with Crippen LogP contribution in [0, 0.1) is 0 Å². The molecule has 1 fully saturated rings. The minimum atomic E-state index is 0. The summed E-state index contributed by atoms with van der Waals surface area (Å²) < 4.78 is 6.27. The van der Waals surface area contributed by atoms with Crippen molar-refractivity contribution in [3.05, 3.63) is 34.3 Å². The first kappa shape index (κ1) is 20.7. The number of nitrogens with one attached hydrogen (secondary N) is 2. The Bertz CT molecular complexity index is 506. The zero-order chi connectivity index (χ0) is 15.8. The molecule has 4 nitrogen and oxygen atoms in total. The summed E-state index contributed by atoms with van der Waals surface area (Å²) in [6.07, 6.45) is 3.40. The second-order valence-electron chi connectivity index (χ2n) is 5.73. The van der Waals surface area contributed by atoms with Gasteiger partial charge in [-0.25, -0.2) is 0 Å². The molecule has 23 heavy (non-hydrogen) atoms. The van der Waals surface area contributed by atoms with Crippen molar-refractivity contribution < 1.29 is 4.74 Å². The first-order chi connectivity index (χ1) is 10.7. The average Bonchev–Trinajstić information content (AvgIpc) is 3.30. The van der Waals surface area contributed by atoms with Crippen LogP contribution in [0.25, 0.3) is 0 Å². The third kappa shape index (κ3) is 6.23. The Hall–Kier alpha value is -0.340. The maximum Gasteiger partial charge on any atom is 0.191 e. The van der Waals surface area contributed by atoms with E-state index in [4.69, 9.17) is 9.73 Å². The summed E-state index contributed by atoms with van der Waals surface area (Å²) in [6, 6.07) is 8.51. The van der Waals surface area contributed by atoms with Crippen LogP contribution < -0.4 is 10.6 Å². The summed E-state index contributed by atoms with van der Waals surface area (Å²) >= 11 is 3.68. The third-order valence-corrected chi connectivity index (χ3v) is 4.69. The smallest absolute Gasteiger partial charge is 0.191 e. The van der Waals surface area contributed by atoms with E-state index in [0.29, 0.717) is 0 Å². The van der Waals surface area contributed by atoms with Crippen LogP contribution >= 0.6 is 39.9 Å². The average molecular weight is 496 g/mol. The molecule has 1 aliphatic rings. The van der Waals surface area contributed by atoms with Crippen LogP contribution in [-0.2, 0) is 10.2 Å². The quantitative estimate of drug-likeness (QED) is 0.250. The van der Waals surface area contributed by atoms with Crippen molar-refractivity contribution in [2.75, 3.05) is 33.4 Å². The molecule has 0 aromatic heterocycles. The van der Waals surface area contributed by atoms with Gasteiger partial charge in [0.25, 0.3) is 0 Å². The highest BCUT2D eigenvalue weighted by Crippen LogP contribution is 2.50. The number of halogens is 2. The van der Waals surface area contributed by atoms with Gasteiger partial charge in [-0.1, -0.05) is 34.1 Å². The number of benzene rings is 1. The molecule has 0 aliphatic heterocycles. The lowest BCUT2D eigenvalue weighted by Gasteiger charge is -2.17. The second-order valence-corrected chi connectivity index (χ2v) is 6.58. The molecule has 0 atom stereocenters. The zero-order valence-corrected chi connectivity index (χ0v) is 17.8. The first-order valence-corrected chi connectivity index (χ1v) is 8.77. The minimum Gasteiger partial charge on any atom is -0.385 e. The molecule has 2 rings (SSSR count). The molecule has 1 aliphatic carbocycles. The summed E-state index contributed by atoms with van der Waals surface area (Å²) in [5.41, 5.74) is 1.60. The molecule has 1 saturated carbocycles. The number of hydrogen-bond donors (Lipinski definition) is 2. The lowest BCUT2D eigenvalue weighted by Crippen LogP contribution is -2.38. The van der Waals surface area contributed by atoms with Crippen LogP contribution in [0.15, 0.2) is 33.7 Å². The Morgan fingerprint density at radius 2 is 2.04 bits per heavy atom. The Morgan fingerprint density at radius 3 is 2.65 bits per heavy atom. The highest BCUT2D eigenvalue weighted by Gasteiger charge is 2.45. The number of aliphatic imine (C=N–C) groups is 1. The van der Waals surface area contributed by atoms with Crippen molar-refractivity contribution in [3.8, 4) is 0 Å². The zero-order valence-electron chi connectivity index (χ0n) is 13.9. The summed E-state index contributed by atoms with van der Waals surface area (Å²) in [7, 11) is 1.73. The summed E-state index contributed by atoms with van der Waals surface area (Å²) in [6.45, 7) is 5.44. The van der Waals surface area contributed by atoms with Gasteiger partial charge in [0.2, 0.25) is 0 Å². The van der Waals surface area contributed by atoms with Gasteiger partial charge in [0.15, 0.2) is 5.96 Å². The molecule has 0 unspecified atom stereocenters. The van der Waals surface area contributed by atoms with E-state index < -0.39 is 0 Å². The molecule has 6 heteroatoms. The molecule has 1 aromatic rings. The Kier molecular flexibility index (Phi) is 9.46. The first-order valence-electron chi connectivity index (χ1n) is 7.98. The van der Waals surface area contributed by atoms with E-state index in [1.807, 2.05) is 0 Å². The number of methoxy groups -OCH3 is 1. The third-order valence-electron chi connectivity index (χ3n) is 4.00. The monoisotopic (exact) mass is 495 g/mol. The molecule has 0 spiro atoms. The molecular weight excluding hydrogens is 469 g/mol. The van der Waals surface area contributed by atoms with E-state index in [2.05, 4.69) is 57.8 Å². The van der Waals surface area contributed by atoms with Crippen molar-refractivity contribution in [3.63, 3.8) is 0 Å². The number of hydrogen-bond acceptors (Lipinski definition) is 2. The topological polar surface area (TPSA) is 45.7 Å². The highest BCUT2D eigenvalue weighted by molar-refractivity contribution is 14.0. The number of ether oxygens (including phenoxy) is 1. The number of nitrogens with zero attached hydrogens (tertiary/aromatic N) is 1. The molecule has 2 N–H and O–H groups in total. The molecule has 0 bridgehead atoms. The van der Waals surface area contributed by atoms with E-state index >= 15 is 0 Å². The number of rotatable bonds is 8. The summed E-state index contributed by atoms with van der Waals surface area (Å²) in [5, 5.41) is 6.68. The molecule has 0 heterocycles. The predicted octanol–water partition coefficient (Wildman–Crippen LogP) is 3.69.